The van der Waals surface area contributed by atoms with Gasteiger partial charge in [0.15, 0.2) is 0 Å². The number of rotatable bonds is 7. The van der Waals surface area contributed by atoms with Crippen LogP contribution in [0.5, 0.6) is 5.75 Å². The van der Waals surface area contributed by atoms with E-state index in [1.165, 1.54) is 0 Å². The van der Waals surface area contributed by atoms with E-state index in [0.717, 1.165) is 5.56 Å². The molecule has 1 rings (SSSR count). The molecule has 114 valence electrons. The van der Waals surface area contributed by atoms with E-state index in [1.807, 2.05) is 19.1 Å². The van der Waals surface area contributed by atoms with E-state index in [9.17, 15) is 13.2 Å². The summed E-state index contributed by atoms with van der Waals surface area (Å²) in [5.74, 6) is 0.702. The van der Waals surface area contributed by atoms with Crippen LogP contribution < -0.4 is 10.1 Å². The highest BCUT2D eigenvalue weighted by Crippen LogP contribution is 2.24. The second-order valence-corrected chi connectivity index (χ2v) is 4.44. The zero-order valence-corrected chi connectivity index (χ0v) is 11.8. The molecule has 0 bridgehead atoms. The highest BCUT2D eigenvalue weighted by Gasteiger charge is 2.30. The number of ether oxygens (including phenoxy) is 2. The molecular weight excluding hydrogens is 271 g/mol. The van der Waals surface area contributed by atoms with Gasteiger partial charge in [-0.1, -0.05) is 19.1 Å². The van der Waals surface area contributed by atoms with E-state index in [-0.39, 0.29) is 6.04 Å². The Labute approximate surface area is 117 Å². The van der Waals surface area contributed by atoms with Crippen LogP contribution in [0.1, 0.15) is 25.5 Å². The first-order valence-corrected chi connectivity index (χ1v) is 6.43. The molecule has 1 aromatic carbocycles. The molecule has 0 aromatic heterocycles. The topological polar surface area (TPSA) is 30.5 Å². The summed E-state index contributed by atoms with van der Waals surface area (Å²) < 4.78 is 46.6. The second kappa shape index (κ2) is 7.50. The summed E-state index contributed by atoms with van der Waals surface area (Å²) in [4.78, 5) is 0. The second-order valence-electron chi connectivity index (χ2n) is 4.44. The van der Waals surface area contributed by atoms with Crippen molar-refractivity contribution in [2.45, 2.75) is 32.2 Å². The fourth-order valence-corrected chi connectivity index (χ4v) is 1.91. The normalized spacial score (nSPS) is 14.9. The molecule has 3 nitrogen and oxygen atoms in total. The van der Waals surface area contributed by atoms with Crippen molar-refractivity contribution in [1.82, 2.24) is 5.32 Å². The Bertz CT molecular complexity index is 392. The summed E-state index contributed by atoms with van der Waals surface area (Å²) in [5, 5.41) is 3.14. The minimum atomic E-state index is -4.31. The molecule has 1 N–H and O–H groups in total. The van der Waals surface area contributed by atoms with Crippen LogP contribution in [0, 0.1) is 0 Å². The van der Waals surface area contributed by atoms with Crippen molar-refractivity contribution in [2.24, 2.45) is 0 Å². The van der Waals surface area contributed by atoms with E-state index in [2.05, 4.69) is 5.32 Å². The molecule has 0 aliphatic heterocycles. The van der Waals surface area contributed by atoms with Gasteiger partial charge in [0, 0.05) is 0 Å². The SMILES string of the molecule is CCNC(c1ccc(OC)cc1)C(C)OCC(F)(F)F. The number of halogens is 3. The maximum absolute atomic E-state index is 12.2. The summed E-state index contributed by atoms with van der Waals surface area (Å²) in [6.07, 6.45) is -4.91. The number of nitrogens with one attached hydrogen (secondary N) is 1. The van der Waals surface area contributed by atoms with E-state index in [1.54, 1.807) is 26.2 Å². The zero-order valence-electron chi connectivity index (χ0n) is 11.8. The molecule has 0 aliphatic rings. The summed E-state index contributed by atoms with van der Waals surface area (Å²) >= 11 is 0. The minimum absolute atomic E-state index is 0.298. The lowest BCUT2D eigenvalue weighted by Crippen LogP contribution is -2.34. The molecule has 0 aliphatic carbocycles. The summed E-state index contributed by atoms with van der Waals surface area (Å²) in [6.45, 7) is 2.92. The quantitative estimate of drug-likeness (QED) is 0.836. The van der Waals surface area contributed by atoms with Gasteiger partial charge in [0.1, 0.15) is 12.4 Å². The van der Waals surface area contributed by atoms with Crippen LogP contribution in [0.15, 0.2) is 24.3 Å². The lowest BCUT2D eigenvalue weighted by atomic mass is 10.0. The molecule has 2 unspecified atom stereocenters. The molecule has 0 fully saturated rings. The predicted octanol–water partition coefficient (Wildman–Crippen LogP) is 3.31. The first-order chi connectivity index (χ1) is 9.37. The van der Waals surface area contributed by atoms with Gasteiger partial charge in [0.25, 0.3) is 0 Å². The average Bonchev–Trinajstić information content (AvgIpc) is 2.41. The summed E-state index contributed by atoms with van der Waals surface area (Å²) in [7, 11) is 1.56. The number of hydrogen-bond donors (Lipinski definition) is 1. The minimum Gasteiger partial charge on any atom is -0.497 e. The highest BCUT2D eigenvalue weighted by molar-refractivity contribution is 5.29. The van der Waals surface area contributed by atoms with Crippen LogP contribution in [0.3, 0.4) is 0 Å². The third-order valence-corrected chi connectivity index (χ3v) is 2.88. The van der Waals surface area contributed by atoms with Gasteiger partial charge in [-0.3, -0.25) is 0 Å². The number of hydrogen-bond acceptors (Lipinski definition) is 3. The van der Waals surface area contributed by atoms with Crippen LogP contribution in [-0.4, -0.2) is 32.5 Å². The number of likely N-dealkylation sites (N-methyl/N-ethyl adjacent to an activating group) is 1. The highest BCUT2D eigenvalue weighted by atomic mass is 19.4. The van der Waals surface area contributed by atoms with E-state index in [0.29, 0.717) is 12.3 Å². The van der Waals surface area contributed by atoms with Crippen molar-refractivity contribution in [3.05, 3.63) is 29.8 Å². The Kier molecular flexibility index (Phi) is 6.29. The molecule has 2 atom stereocenters. The Hall–Kier alpha value is -1.27. The molecular formula is C14H20F3NO2. The molecule has 0 heterocycles. The monoisotopic (exact) mass is 291 g/mol. The van der Waals surface area contributed by atoms with Crippen molar-refractivity contribution in [1.29, 1.82) is 0 Å². The van der Waals surface area contributed by atoms with Crippen molar-refractivity contribution in [2.75, 3.05) is 20.3 Å². The maximum Gasteiger partial charge on any atom is 0.411 e. The Morgan fingerprint density at radius 1 is 1.20 bits per heavy atom. The van der Waals surface area contributed by atoms with Crippen LogP contribution in [0.4, 0.5) is 13.2 Å². The lowest BCUT2D eigenvalue weighted by Gasteiger charge is -2.26. The Balaban J connectivity index is 2.75. The standard InChI is InChI=1S/C14H20F3NO2/c1-4-18-13(10(2)20-9-14(15,16)17)11-5-7-12(19-3)8-6-11/h5-8,10,13,18H,4,9H2,1-3H3. The first kappa shape index (κ1) is 16.8. The Morgan fingerprint density at radius 3 is 2.25 bits per heavy atom. The first-order valence-electron chi connectivity index (χ1n) is 6.43. The van der Waals surface area contributed by atoms with Crippen molar-refractivity contribution in [3.63, 3.8) is 0 Å². The fraction of sp³-hybridized carbons (Fsp3) is 0.571. The van der Waals surface area contributed by atoms with Crippen LogP contribution in [0.2, 0.25) is 0 Å². The van der Waals surface area contributed by atoms with Gasteiger partial charge in [-0.05, 0) is 31.2 Å². The molecule has 0 saturated carbocycles. The summed E-state index contributed by atoms with van der Waals surface area (Å²) in [5.41, 5.74) is 0.863. The summed E-state index contributed by atoms with van der Waals surface area (Å²) in [6, 6.07) is 6.89. The molecule has 0 amide bonds. The third kappa shape index (κ3) is 5.38. The van der Waals surface area contributed by atoms with E-state index in [4.69, 9.17) is 9.47 Å². The van der Waals surface area contributed by atoms with Gasteiger partial charge >= 0.3 is 6.18 Å². The van der Waals surface area contributed by atoms with E-state index >= 15 is 0 Å². The third-order valence-electron chi connectivity index (χ3n) is 2.88. The van der Waals surface area contributed by atoms with Crippen molar-refractivity contribution in [3.8, 4) is 5.75 Å². The number of methoxy groups -OCH3 is 1. The molecule has 0 spiro atoms. The van der Waals surface area contributed by atoms with Crippen molar-refractivity contribution >= 4 is 0 Å². The molecule has 20 heavy (non-hydrogen) atoms. The van der Waals surface area contributed by atoms with Gasteiger partial charge in [0.2, 0.25) is 0 Å². The number of alkyl halides is 3. The smallest absolute Gasteiger partial charge is 0.411 e. The number of benzene rings is 1. The maximum atomic E-state index is 12.2. The average molecular weight is 291 g/mol. The molecule has 1 aromatic rings. The van der Waals surface area contributed by atoms with Crippen LogP contribution in [0.25, 0.3) is 0 Å². The fourth-order valence-electron chi connectivity index (χ4n) is 1.91. The van der Waals surface area contributed by atoms with Gasteiger partial charge in [-0.15, -0.1) is 0 Å². The molecule has 0 radical (unpaired) electrons. The Morgan fingerprint density at radius 2 is 1.80 bits per heavy atom. The van der Waals surface area contributed by atoms with Crippen LogP contribution in [-0.2, 0) is 4.74 Å². The lowest BCUT2D eigenvalue weighted by molar-refractivity contribution is -0.186. The largest absolute Gasteiger partial charge is 0.497 e. The molecule has 0 saturated heterocycles. The van der Waals surface area contributed by atoms with Gasteiger partial charge in [-0.2, -0.15) is 13.2 Å². The predicted molar refractivity (Wildman–Crippen MR) is 70.9 cm³/mol. The van der Waals surface area contributed by atoms with Crippen molar-refractivity contribution < 1.29 is 22.6 Å². The van der Waals surface area contributed by atoms with E-state index < -0.39 is 18.9 Å². The zero-order chi connectivity index (χ0) is 15.2. The van der Waals surface area contributed by atoms with Gasteiger partial charge in [0.05, 0.1) is 19.3 Å². The van der Waals surface area contributed by atoms with Gasteiger partial charge < -0.3 is 14.8 Å². The molecule has 6 heteroatoms. The van der Waals surface area contributed by atoms with Crippen LogP contribution >= 0.6 is 0 Å². The van der Waals surface area contributed by atoms with Gasteiger partial charge in [-0.25, -0.2) is 0 Å².